The van der Waals surface area contributed by atoms with Crippen molar-refractivity contribution in [2.24, 2.45) is 0 Å². The molecular weight excluding hydrogens is 344 g/mol. The summed E-state index contributed by atoms with van der Waals surface area (Å²) in [6, 6.07) is 9.52. The summed E-state index contributed by atoms with van der Waals surface area (Å²) in [5.74, 6) is 0.852. The van der Waals surface area contributed by atoms with E-state index in [9.17, 15) is 8.42 Å². The summed E-state index contributed by atoms with van der Waals surface area (Å²) in [5.41, 5.74) is 0.654. The van der Waals surface area contributed by atoms with Crippen LogP contribution in [-0.4, -0.2) is 25.1 Å². The number of rotatable bonds is 5. The molecule has 0 unspecified atom stereocenters. The largest absolute Gasteiger partial charge is 0.497 e. The van der Waals surface area contributed by atoms with Crippen molar-refractivity contribution < 1.29 is 17.3 Å². The van der Waals surface area contributed by atoms with Gasteiger partial charge in [-0.1, -0.05) is 4.49 Å². The molecule has 2 heterocycles. The van der Waals surface area contributed by atoms with Gasteiger partial charge in [0.1, 0.15) is 17.2 Å². The van der Waals surface area contributed by atoms with Crippen LogP contribution in [0.25, 0.3) is 10.6 Å². The minimum absolute atomic E-state index is 0.117. The Morgan fingerprint density at radius 3 is 2.41 bits per heavy atom. The molecule has 0 atom stereocenters. The van der Waals surface area contributed by atoms with Crippen molar-refractivity contribution in [3.8, 4) is 22.1 Å². The topological polar surface area (TPSA) is 78.4 Å². The van der Waals surface area contributed by atoms with Gasteiger partial charge in [0.05, 0.1) is 12.0 Å². The summed E-state index contributed by atoms with van der Waals surface area (Å²) in [7, 11) is -2.34. The fourth-order valence-electron chi connectivity index (χ4n) is 1.66. The monoisotopic (exact) mass is 354 g/mol. The highest BCUT2D eigenvalue weighted by atomic mass is 32.3. The summed E-state index contributed by atoms with van der Waals surface area (Å²) in [4.78, 5) is 0.727. The molecule has 0 bridgehead atoms. The predicted molar refractivity (Wildman–Crippen MR) is 84.0 cm³/mol. The number of hydrogen-bond donors (Lipinski definition) is 0. The van der Waals surface area contributed by atoms with Crippen molar-refractivity contribution >= 4 is 33.0 Å². The van der Waals surface area contributed by atoms with Crippen LogP contribution in [0.4, 0.5) is 0 Å². The van der Waals surface area contributed by atoms with Gasteiger partial charge in [0.25, 0.3) is 0 Å². The molecule has 114 valence electrons. The Balaban J connectivity index is 1.83. The zero-order valence-corrected chi connectivity index (χ0v) is 13.7. The van der Waals surface area contributed by atoms with Gasteiger partial charge in [0, 0.05) is 5.38 Å². The van der Waals surface area contributed by atoms with E-state index in [-0.39, 0.29) is 9.96 Å². The molecule has 0 saturated heterocycles. The van der Waals surface area contributed by atoms with Gasteiger partial charge in [-0.25, -0.2) is 0 Å². The lowest BCUT2D eigenvalue weighted by Gasteiger charge is -2.05. The summed E-state index contributed by atoms with van der Waals surface area (Å²) >= 11 is 2.30. The van der Waals surface area contributed by atoms with Gasteiger partial charge in [0.15, 0.2) is 4.21 Å². The SMILES string of the molecule is COc1ccc(OS(=O)(=O)c2ccc(-c3csnn3)s2)cc1. The molecule has 0 aliphatic heterocycles. The van der Waals surface area contributed by atoms with Crippen molar-refractivity contribution in [3.63, 3.8) is 0 Å². The van der Waals surface area contributed by atoms with Crippen LogP contribution in [0.15, 0.2) is 46.0 Å². The van der Waals surface area contributed by atoms with E-state index in [4.69, 9.17) is 8.92 Å². The highest BCUT2D eigenvalue weighted by Gasteiger charge is 2.20. The lowest BCUT2D eigenvalue weighted by Crippen LogP contribution is -2.07. The number of methoxy groups -OCH3 is 1. The average molecular weight is 354 g/mol. The summed E-state index contributed by atoms with van der Waals surface area (Å²) in [5, 5.41) is 5.67. The summed E-state index contributed by atoms with van der Waals surface area (Å²) in [6.07, 6.45) is 0. The number of nitrogens with zero attached hydrogens (tertiary/aromatic N) is 2. The highest BCUT2D eigenvalue weighted by Crippen LogP contribution is 2.31. The van der Waals surface area contributed by atoms with Crippen LogP contribution in [0.5, 0.6) is 11.5 Å². The van der Waals surface area contributed by atoms with E-state index >= 15 is 0 Å². The maximum Gasteiger partial charge on any atom is 0.348 e. The third-order valence-electron chi connectivity index (χ3n) is 2.71. The maximum atomic E-state index is 12.3. The van der Waals surface area contributed by atoms with Gasteiger partial charge in [-0.2, -0.15) is 8.42 Å². The van der Waals surface area contributed by atoms with Gasteiger partial charge < -0.3 is 8.92 Å². The normalized spacial score (nSPS) is 11.3. The molecular formula is C13H10N2O4S3. The Bertz CT molecular complexity index is 855. The van der Waals surface area contributed by atoms with Crippen LogP contribution < -0.4 is 8.92 Å². The third-order valence-corrected chi connectivity index (χ3v) is 6.02. The van der Waals surface area contributed by atoms with E-state index in [0.29, 0.717) is 11.4 Å². The minimum Gasteiger partial charge on any atom is -0.497 e. The molecule has 9 heteroatoms. The molecule has 2 aromatic heterocycles. The van der Waals surface area contributed by atoms with Crippen LogP contribution in [0.3, 0.4) is 0 Å². The zero-order valence-electron chi connectivity index (χ0n) is 11.3. The Morgan fingerprint density at radius 2 is 1.77 bits per heavy atom. The Hall–Kier alpha value is -1.97. The molecule has 3 rings (SSSR count). The molecule has 0 saturated carbocycles. The molecule has 22 heavy (non-hydrogen) atoms. The van der Waals surface area contributed by atoms with Crippen LogP contribution in [0, 0.1) is 0 Å². The standard InChI is InChI=1S/C13H10N2O4S3/c1-18-9-2-4-10(5-3-9)19-22(16,17)13-7-6-12(21-13)11-8-20-15-14-11/h2-8H,1H3. The second-order valence-corrected chi connectivity index (χ2v) is 7.59. The number of thiophene rings is 1. The lowest BCUT2D eigenvalue weighted by atomic mass is 10.3. The predicted octanol–water partition coefficient (Wildman–Crippen LogP) is 3.04. The van der Waals surface area contributed by atoms with Gasteiger partial charge in [-0.15, -0.1) is 16.4 Å². The van der Waals surface area contributed by atoms with E-state index in [1.807, 2.05) is 0 Å². The number of hydrogen-bond acceptors (Lipinski definition) is 8. The van der Waals surface area contributed by atoms with E-state index in [2.05, 4.69) is 9.59 Å². The van der Waals surface area contributed by atoms with Crippen LogP contribution in [0.2, 0.25) is 0 Å². The van der Waals surface area contributed by atoms with Crippen LogP contribution in [-0.2, 0) is 10.1 Å². The van der Waals surface area contributed by atoms with E-state index in [1.54, 1.807) is 23.6 Å². The van der Waals surface area contributed by atoms with E-state index < -0.39 is 10.1 Å². The Kier molecular flexibility index (Phi) is 4.10. The molecule has 3 aromatic rings. The van der Waals surface area contributed by atoms with Crippen molar-refractivity contribution in [1.29, 1.82) is 0 Å². The quantitative estimate of drug-likeness (QED) is 0.655. The van der Waals surface area contributed by atoms with E-state index in [1.165, 1.54) is 36.8 Å². The first-order chi connectivity index (χ1) is 10.6. The second-order valence-electron chi connectivity index (χ2n) is 4.12. The molecule has 0 aliphatic rings. The van der Waals surface area contributed by atoms with Crippen LogP contribution in [0.1, 0.15) is 0 Å². The highest BCUT2D eigenvalue weighted by molar-refractivity contribution is 7.89. The van der Waals surface area contributed by atoms with Crippen molar-refractivity contribution in [2.75, 3.05) is 7.11 Å². The number of ether oxygens (including phenoxy) is 1. The summed E-state index contributed by atoms with van der Waals surface area (Å²) in [6.45, 7) is 0. The smallest absolute Gasteiger partial charge is 0.348 e. The zero-order chi connectivity index (χ0) is 15.6. The summed E-state index contributed by atoms with van der Waals surface area (Å²) < 4.78 is 38.5. The van der Waals surface area contributed by atoms with Gasteiger partial charge in [-0.3, -0.25) is 0 Å². The average Bonchev–Trinajstić information content (AvgIpc) is 3.19. The molecule has 1 aromatic carbocycles. The molecule has 6 nitrogen and oxygen atoms in total. The Labute approximate surface area is 135 Å². The molecule has 0 amide bonds. The minimum atomic E-state index is -3.87. The van der Waals surface area contributed by atoms with Gasteiger partial charge in [0.2, 0.25) is 0 Å². The number of aromatic nitrogens is 2. The van der Waals surface area contributed by atoms with E-state index in [0.717, 1.165) is 16.2 Å². The fourth-order valence-corrected chi connectivity index (χ4v) is 4.35. The van der Waals surface area contributed by atoms with Crippen LogP contribution >= 0.6 is 22.9 Å². The van der Waals surface area contributed by atoms with Crippen molar-refractivity contribution in [2.45, 2.75) is 4.21 Å². The molecule has 0 spiro atoms. The van der Waals surface area contributed by atoms with Gasteiger partial charge >= 0.3 is 10.1 Å². The lowest BCUT2D eigenvalue weighted by molar-refractivity contribution is 0.413. The third kappa shape index (κ3) is 3.11. The molecule has 0 radical (unpaired) electrons. The van der Waals surface area contributed by atoms with Crippen molar-refractivity contribution in [1.82, 2.24) is 9.59 Å². The van der Waals surface area contributed by atoms with Crippen molar-refractivity contribution in [3.05, 3.63) is 41.8 Å². The second kappa shape index (κ2) is 6.03. The fraction of sp³-hybridized carbons (Fsp3) is 0.0769. The maximum absolute atomic E-state index is 12.3. The van der Waals surface area contributed by atoms with Gasteiger partial charge in [-0.05, 0) is 47.9 Å². The molecule has 0 aliphatic carbocycles. The first-order valence-electron chi connectivity index (χ1n) is 6.04. The number of benzene rings is 1. The molecule has 0 fully saturated rings. The Morgan fingerprint density at radius 1 is 1.05 bits per heavy atom. The molecule has 0 N–H and O–H groups in total. The first kappa shape index (κ1) is 14.9. The first-order valence-corrected chi connectivity index (χ1v) is 9.10.